The second-order valence-corrected chi connectivity index (χ2v) is 5.36. The highest BCUT2D eigenvalue weighted by atomic mass is 19.4. The number of nitrogens with zero attached hydrogens (tertiary/aromatic N) is 2. The Morgan fingerprint density at radius 1 is 1.39 bits per heavy atom. The Morgan fingerprint density at radius 3 is 2.61 bits per heavy atom. The van der Waals surface area contributed by atoms with Gasteiger partial charge in [0.15, 0.2) is 5.69 Å². The second-order valence-electron chi connectivity index (χ2n) is 5.36. The summed E-state index contributed by atoms with van der Waals surface area (Å²) in [5.41, 5.74) is -3.33. The van der Waals surface area contributed by atoms with E-state index in [-0.39, 0.29) is 0 Å². The van der Waals surface area contributed by atoms with Crippen molar-refractivity contribution < 1.29 is 27.9 Å². The number of hydrogen-bond donors (Lipinski definition) is 2. The average molecular weight is 329 g/mol. The van der Waals surface area contributed by atoms with Crippen LogP contribution in [0.4, 0.5) is 13.2 Å². The number of halogens is 3. The molecule has 0 aromatic carbocycles. The first-order valence-electron chi connectivity index (χ1n) is 6.57. The maximum Gasteiger partial charge on any atom is 0.435 e. The van der Waals surface area contributed by atoms with Crippen LogP contribution in [0, 0.1) is 5.92 Å². The van der Waals surface area contributed by atoms with E-state index in [9.17, 15) is 27.9 Å². The summed E-state index contributed by atoms with van der Waals surface area (Å²) in [6.07, 6.45) is 1.96. The number of aryl methyl sites for hydroxylation is 1. The highest BCUT2D eigenvalue weighted by Gasteiger charge is 2.42. The Morgan fingerprint density at radius 2 is 2.04 bits per heavy atom. The molecule has 23 heavy (non-hydrogen) atoms. The summed E-state index contributed by atoms with van der Waals surface area (Å²) in [5, 5.41) is 14.8. The average Bonchev–Trinajstić information content (AvgIpc) is 2.80. The summed E-state index contributed by atoms with van der Waals surface area (Å²) in [4.78, 5) is 23.5. The number of carboxylic acids is 1. The van der Waals surface area contributed by atoms with Crippen LogP contribution in [-0.4, -0.2) is 32.3 Å². The van der Waals surface area contributed by atoms with Gasteiger partial charge in [0.05, 0.1) is 11.1 Å². The molecule has 0 saturated heterocycles. The van der Waals surface area contributed by atoms with Gasteiger partial charge in [0.2, 0.25) is 0 Å². The van der Waals surface area contributed by atoms with Crippen molar-refractivity contribution in [2.24, 2.45) is 13.0 Å². The van der Waals surface area contributed by atoms with Crippen molar-refractivity contribution in [3.8, 4) is 0 Å². The number of aromatic nitrogens is 2. The lowest BCUT2D eigenvalue weighted by atomic mass is 9.82. The Balaban J connectivity index is 2.34. The Bertz CT molecular complexity index is 706. The largest absolute Gasteiger partial charge is 0.481 e. The highest BCUT2D eigenvalue weighted by Crippen LogP contribution is 2.31. The standard InChI is InChI=1S/C14H14F3N3O3/c1-13(6-4-3-5-9(13)12(22)23)18-11(21)8-7-20(2)19-10(8)14(15,16)17/h3-7,9H,1-2H3,(H,18,21)(H,22,23). The van der Waals surface area contributed by atoms with Crippen molar-refractivity contribution >= 4 is 11.9 Å². The van der Waals surface area contributed by atoms with Gasteiger partial charge in [-0.1, -0.05) is 24.3 Å². The minimum absolute atomic E-state index is 0.659. The molecule has 9 heteroatoms. The molecular weight excluding hydrogens is 315 g/mol. The van der Waals surface area contributed by atoms with E-state index in [0.717, 1.165) is 10.9 Å². The van der Waals surface area contributed by atoms with Gasteiger partial charge in [-0.05, 0) is 6.92 Å². The lowest BCUT2D eigenvalue weighted by Crippen LogP contribution is -2.52. The van der Waals surface area contributed by atoms with Gasteiger partial charge in [-0.25, -0.2) is 0 Å². The number of alkyl halides is 3. The summed E-state index contributed by atoms with van der Waals surface area (Å²) in [5.74, 6) is -3.34. The lowest BCUT2D eigenvalue weighted by Gasteiger charge is -2.33. The molecule has 124 valence electrons. The van der Waals surface area contributed by atoms with Crippen molar-refractivity contribution in [3.05, 3.63) is 41.8 Å². The third kappa shape index (κ3) is 3.27. The maximum absolute atomic E-state index is 12.9. The first-order valence-corrected chi connectivity index (χ1v) is 6.57. The smallest absolute Gasteiger partial charge is 0.435 e. The fourth-order valence-electron chi connectivity index (χ4n) is 2.37. The third-order valence-electron chi connectivity index (χ3n) is 3.49. The van der Waals surface area contributed by atoms with Crippen molar-refractivity contribution in [1.29, 1.82) is 0 Å². The zero-order valence-electron chi connectivity index (χ0n) is 12.3. The van der Waals surface area contributed by atoms with Gasteiger partial charge in [0.1, 0.15) is 5.92 Å². The molecule has 1 aromatic rings. The van der Waals surface area contributed by atoms with Crippen molar-refractivity contribution in [3.63, 3.8) is 0 Å². The number of carbonyl (C=O) groups is 2. The number of rotatable bonds is 3. The molecule has 1 aliphatic rings. The fourth-order valence-corrected chi connectivity index (χ4v) is 2.37. The van der Waals surface area contributed by atoms with E-state index >= 15 is 0 Å². The van der Waals surface area contributed by atoms with Gasteiger partial charge in [-0.2, -0.15) is 18.3 Å². The van der Waals surface area contributed by atoms with E-state index < -0.39 is 40.8 Å². The number of hydrogen-bond acceptors (Lipinski definition) is 3. The van der Waals surface area contributed by atoms with E-state index in [1.165, 1.54) is 38.3 Å². The molecule has 0 aliphatic heterocycles. The Kier molecular flexibility index (Phi) is 4.06. The molecule has 2 atom stereocenters. The molecule has 2 unspecified atom stereocenters. The Labute approximate surface area is 129 Å². The van der Waals surface area contributed by atoms with Crippen LogP contribution in [0.25, 0.3) is 0 Å². The molecule has 1 heterocycles. The summed E-state index contributed by atoms with van der Waals surface area (Å²) < 4.78 is 39.7. The minimum atomic E-state index is -4.79. The number of allylic oxidation sites excluding steroid dienone is 2. The first kappa shape index (κ1) is 16.8. The van der Waals surface area contributed by atoms with Gasteiger partial charge in [-0.15, -0.1) is 0 Å². The molecule has 1 amide bonds. The summed E-state index contributed by atoms with van der Waals surface area (Å²) in [6, 6.07) is 0. The van der Waals surface area contributed by atoms with Gasteiger partial charge in [0, 0.05) is 13.2 Å². The molecule has 1 aromatic heterocycles. The van der Waals surface area contributed by atoms with Crippen LogP contribution in [-0.2, 0) is 18.0 Å². The van der Waals surface area contributed by atoms with Gasteiger partial charge >= 0.3 is 12.1 Å². The molecule has 1 aliphatic carbocycles. The third-order valence-corrected chi connectivity index (χ3v) is 3.49. The van der Waals surface area contributed by atoms with Crippen molar-refractivity contribution in [2.45, 2.75) is 18.6 Å². The van der Waals surface area contributed by atoms with E-state index in [2.05, 4.69) is 10.4 Å². The molecular formula is C14H14F3N3O3. The number of carbonyl (C=O) groups excluding carboxylic acids is 1. The Hall–Kier alpha value is -2.58. The second kappa shape index (κ2) is 5.56. The first-order chi connectivity index (χ1) is 10.5. The topological polar surface area (TPSA) is 84.2 Å². The van der Waals surface area contributed by atoms with Gasteiger partial charge < -0.3 is 10.4 Å². The predicted octanol–water partition coefficient (Wildman–Crippen LogP) is 1.75. The molecule has 0 fully saturated rings. The number of carboxylic acid groups (broad SMARTS) is 1. The monoisotopic (exact) mass is 329 g/mol. The summed E-state index contributed by atoms with van der Waals surface area (Å²) in [7, 11) is 1.26. The van der Waals surface area contributed by atoms with Crippen LogP contribution in [0.5, 0.6) is 0 Å². The van der Waals surface area contributed by atoms with Crippen LogP contribution in [0.2, 0.25) is 0 Å². The lowest BCUT2D eigenvalue weighted by molar-refractivity contribution is -0.143. The quantitative estimate of drug-likeness (QED) is 0.885. The van der Waals surface area contributed by atoms with E-state index in [4.69, 9.17) is 0 Å². The van der Waals surface area contributed by atoms with Crippen LogP contribution in [0.3, 0.4) is 0 Å². The fraction of sp³-hybridized carbons (Fsp3) is 0.357. The minimum Gasteiger partial charge on any atom is -0.481 e. The van der Waals surface area contributed by atoms with Gasteiger partial charge in [-0.3, -0.25) is 14.3 Å². The van der Waals surface area contributed by atoms with Crippen molar-refractivity contribution in [2.75, 3.05) is 0 Å². The predicted molar refractivity (Wildman–Crippen MR) is 73.5 cm³/mol. The molecule has 2 rings (SSSR count). The molecule has 0 bridgehead atoms. The summed E-state index contributed by atoms with van der Waals surface area (Å²) in [6.45, 7) is 1.42. The molecule has 2 N–H and O–H groups in total. The summed E-state index contributed by atoms with van der Waals surface area (Å²) >= 11 is 0. The molecule has 0 saturated carbocycles. The highest BCUT2D eigenvalue weighted by molar-refractivity contribution is 5.96. The zero-order chi connectivity index (χ0) is 17.4. The zero-order valence-corrected chi connectivity index (χ0v) is 12.3. The molecule has 6 nitrogen and oxygen atoms in total. The van der Waals surface area contributed by atoms with Crippen LogP contribution in [0.1, 0.15) is 23.0 Å². The molecule has 0 radical (unpaired) electrons. The van der Waals surface area contributed by atoms with Crippen LogP contribution < -0.4 is 5.32 Å². The SMILES string of the molecule is Cn1cc(C(=O)NC2(C)C=CC=CC2C(=O)O)c(C(F)(F)F)n1. The van der Waals surface area contributed by atoms with E-state index in [1.807, 2.05) is 0 Å². The van der Waals surface area contributed by atoms with Gasteiger partial charge in [0.25, 0.3) is 5.91 Å². The van der Waals surface area contributed by atoms with Crippen LogP contribution >= 0.6 is 0 Å². The normalized spacial score (nSPS) is 23.8. The number of aliphatic carboxylic acids is 1. The van der Waals surface area contributed by atoms with Crippen LogP contribution in [0.15, 0.2) is 30.5 Å². The molecule has 0 spiro atoms. The number of amides is 1. The van der Waals surface area contributed by atoms with Crippen molar-refractivity contribution in [1.82, 2.24) is 15.1 Å². The van der Waals surface area contributed by atoms with E-state index in [0.29, 0.717) is 0 Å². The maximum atomic E-state index is 12.9. The van der Waals surface area contributed by atoms with E-state index in [1.54, 1.807) is 0 Å². The number of nitrogens with one attached hydrogen (secondary N) is 1.